The second-order valence-electron chi connectivity index (χ2n) is 4.38. The molecule has 0 heterocycles. The van der Waals surface area contributed by atoms with Crippen molar-refractivity contribution in [1.29, 1.82) is 0 Å². The van der Waals surface area contributed by atoms with Crippen molar-refractivity contribution in [1.82, 2.24) is 0 Å². The van der Waals surface area contributed by atoms with Crippen LogP contribution in [-0.2, 0) is 6.54 Å². The molecule has 112 valence electrons. The summed E-state index contributed by atoms with van der Waals surface area (Å²) in [7, 11) is 3.19. The molecule has 0 aliphatic heterocycles. The van der Waals surface area contributed by atoms with E-state index in [1.165, 1.54) is 6.07 Å². The van der Waals surface area contributed by atoms with E-state index in [9.17, 15) is 4.39 Å². The van der Waals surface area contributed by atoms with E-state index in [0.717, 1.165) is 11.3 Å². The average Bonchev–Trinajstić information content (AvgIpc) is 2.49. The fraction of sp³-hybridized carbons (Fsp3) is 0.200. The number of methoxy groups -OCH3 is 2. The van der Waals surface area contributed by atoms with Crippen molar-refractivity contribution >= 4 is 34.0 Å². The molecule has 2 aromatic carbocycles. The maximum Gasteiger partial charge on any atom is 0.138 e. The van der Waals surface area contributed by atoms with Gasteiger partial charge in [-0.25, -0.2) is 4.39 Å². The van der Waals surface area contributed by atoms with E-state index in [0.29, 0.717) is 27.2 Å². The van der Waals surface area contributed by atoms with E-state index in [4.69, 9.17) is 15.2 Å². The normalized spacial score (nSPS) is 10.3. The molecule has 0 saturated carbocycles. The molecule has 0 aromatic heterocycles. The molecule has 21 heavy (non-hydrogen) atoms. The minimum absolute atomic E-state index is 0.297. The summed E-state index contributed by atoms with van der Waals surface area (Å²) in [6, 6.07) is 8.53. The van der Waals surface area contributed by atoms with Crippen molar-refractivity contribution in [3.05, 3.63) is 45.3 Å². The molecule has 0 radical (unpaired) electrons. The highest BCUT2D eigenvalue weighted by molar-refractivity contribution is 14.1. The molecule has 0 fully saturated rings. The number of ether oxygens (including phenoxy) is 2. The average molecular weight is 402 g/mol. The summed E-state index contributed by atoms with van der Waals surface area (Å²) >= 11 is 1.91. The van der Waals surface area contributed by atoms with Crippen LogP contribution >= 0.6 is 22.6 Å². The molecule has 2 rings (SSSR count). The number of nitrogens with two attached hydrogens (primary N) is 1. The van der Waals surface area contributed by atoms with Crippen LogP contribution in [0.25, 0.3) is 0 Å². The summed E-state index contributed by atoms with van der Waals surface area (Å²) in [5.74, 6) is 1.12. The van der Waals surface area contributed by atoms with E-state index >= 15 is 0 Å². The van der Waals surface area contributed by atoms with Gasteiger partial charge in [-0.05, 0) is 40.8 Å². The fourth-order valence-corrected chi connectivity index (χ4v) is 2.39. The van der Waals surface area contributed by atoms with Crippen LogP contribution in [-0.4, -0.2) is 14.2 Å². The minimum atomic E-state index is -0.297. The summed E-state index contributed by atoms with van der Waals surface area (Å²) in [6.07, 6.45) is 0. The Hall–Kier alpha value is -1.70. The van der Waals surface area contributed by atoms with Crippen molar-refractivity contribution in [2.45, 2.75) is 6.54 Å². The Kier molecular flexibility index (Phi) is 5.11. The Bertz CT molecular complexity index is 650. The van der Waals surface area contributed by atoms with Gasteiger partial charge in [0.15, 0.2) is 0 Å². The zero-order valence-electron chi connectivity index (χ0n) is 11.7. The van der Waals surface area contributed by atoms with Gasteiger partial charge in [-0.1, -0.05) is 0 Å². The second-order valence-corrected chi connectivity index (χ2v) is 5.55. The lowest BCUT2D eigenvalue weighted by molar-refractivity contribution is 0.391. The molecule has 2 aromatic rings. The topological polar surface area (TPSA) is 56.5 Å². The number of nitrogens with one attached hydrogen (secondary N) is 1. The molecular formula is C15H16FIN2O2. The lowest BCUT2D eigenvalue weighted by Crippen LogP contribution is -2.05. The van der Waals surface area contributed by atoms with Gasteiger partial charge in [0, 0.05) is 24.2 Å². The molecule has 0 bridgehead atoms. The number of hydrogen-bond donors (Lipinski definition) is 2. The highest BCUT2D eigenvalue weighted by atomic mass is 127. The number of nitrogen functional groups attached to an aromatic ring is 1. The van der Waals surface area contributed by atoms with E-state index in [-0.39, 0.29) is 5.82 Å². The van der Waals surface area contributed by atoms with Crippen molar-refractivity contribution in [2.24, 2.45) is 0 Å². The fourth-order valence-electron chi connectivity index (χ4n) is 1.90. The van der Waals surface area contributed by atoms with Gasteiger partial charge in [0.25, 0.3) is 0 Å². The third-order valence-electron chi connectivity index (χ3n) is 3.06. The molecule has 0 unspecified atom stereocenters. The minimum Gasteiger partial charge on any atom is -0.497 e. The second kappa shape index (κ2) is 6.84. The van der Waals surface area contributed by atoms with Crippen molar-refractivity contribution in [3.63, 3.8) is 0 Å². The zero-order valence-corrected chi connectivity index (χ0v) is 13.9. The first-order valence-corrected chi connectivity index (χ1v) is 7.32. The number of hydrogen-bond acceptors (Lipinski definition) is 4. The van der Waals surface area contributed by atoms with Crippen molar-refractivity contribution in [2.75, 3.05) is 25.3 Å². The number of rotatable bonds is 5. The molecule has 0 aliphatic rings. The highest BCUT2D eigenvalue weighted by Gasteiger charge is 2.08. The molecule has 0 atom stereocenters. The zero-order chi connectivity index (χ0) is 15.4. The predicted molar refractivity (Wildman–Crippen MR) is 90.4 cm³/mol. The summed E-state index contributed by atoms with van der Waals surface area (Å²) in [5, 5.41) is 3.12. The first kappa shape index (κ1) is 15.7. The maximum absolute atomic E-state index is 13.6. The van der Waals surface area contributed by atoms with E-state index in [1.807, 2.05) is 34.7 Å². The van der Waals surface area contributed by atoms with Crippen molar-refractivity contribution in [3.8, 4) is 11.5 Å². The SMILES string of the molecule is COc1ccc(CNc2cc(F)c(I)cc2N)c(OC)c1. The van der Waals surface area contributed by atoms with Crippen LogP contribution in [0.15, 0.2) is 30.3 Å². The summed E-state index contributed by atoms with van der Waals surface area (Å²) in [4.78, 5) is 0. The molecule has 3 N–H and O–H groups in total. The Morgan fingerprint density at radius 2 is 1.95 bits per heavy atom. The first-order chi connectivity index (χ1) is 10.0. The maximum atomic E-state index is 13.6. The van der Waals surface area contributed by atoms with Crippen LogP contribution in [0, 0.1) is 9.39 Å². The lowest BCUT2D eigenvalue weighted by atomic mass is 10.1. The van der Waals surface area contributed by atoms with E-state index in [1.54, 1.807) is 26.4 Å². The quantitative estimate of drug-likeness (QED) is 0.593. The molecule has 4 nitrogen and oxygen atoms in total. The summed E-state index contributed by atoms with van der Waals surface area (Å²) in [5.41, 5.74) is 7.88. The standard InChI is InChI=1S/C15H16FIN2O2/c1-20-10-4-3-9(15(5-10)21-2)8-19-14-6-11(16)12(17)7-13(14)18/h3-7,19H,8,18H2,1-2H3. The van der Waals surface area contributed by atoms with Crippen LogP contribution in [0.5, 0.6) is 11.5 Å². The predicted octanol–water partition coefficient (Wildman–Crippen LogP) is 3.64. The third-order valence-corrected chi connectivity index (χ3v) is 3.88. The number of benzene rings is 2. The number of halogens is 2. The Labute approximate surface area is 136 Å². The number of anilines is 2. The van der Waals surface area contributed by atoms with Gasteiger partial charge in [-0.3, -0.25) is 0 Å². The third kappa shape index (κ3) is 3.69. The smallest absolute Gasteiger partial charge is 0.138 e. The summed E-state index contributed by atoms with van der Waals surface area (Å²) in [6.45, 7) is 0.470. The van der Waals surface area contributed by atoms with Crippen LogP contribution in [0.2, 0.25) is 0 Å². The van der Waals surface area contributed by atoms with Crippen LogP contribution in [0.3, 0.4) is 0 Å². The van der Waals surface area contributed by atoms with Gasteiger partial charge in [-0.2, -0.15) is 0 Å². The van der Waals surface area contributed by atoms with Crippen molar-refractivity contribution < 1.29 is 13.9 Å². The van der Waals surface area contributed by atoms with Gasteiger partial charge in [0.2, 0.25) is 0 Å². The van der Waals surface area contributed by atoms with E-state index in [2.05, 4.69) is 5.32 Å². The van der Waals surface area contributed by atoms with Crippen LogP contribution in [0.1, 0.15) is 5.56 Å². The lowest BCUT2D eigenvalue weighted by Gasteiger charge is -2.13. The van der Waals surface area contributed by atoms with Gasteiger partial charge >= 0.3 is 0 Å². The molecule has 6 heteroatoms. The molecule has 0 saturated heterocycles. The van der Waals surface area contributed by atoms with Gasteiger partial charge in [0.05, 0.1) is 29.2 Å². The molecule has 0 amide bonds. The van der Waals surface area contributed by atoms with Gasteiger partial charge in [0.1, 0.15) is 17.3 Å². The van der Waals surface area contributed by atoms with Crippen LogP contribution < -0.4 is 20.5 Å². The van der Waals surface area contributed by atoms with Crippen LogP contribution in [0.4, 0.5) is 15.8 Å². The molecule has 0 aliphatic carbocycles. The molecule has 0 spiro atoms. The highest BCUT2D eigenvalue weighted by Crippen LogP contribution is 2.28. The van der Waals surface area contributed by atoms with E-state index < -0.39 is 0 Å². The Morgan fingerprint density at radius 3 is 2.62 bits per heavy atom. The van der Waals surface area contributed by atoms with Gasteiger partial charge < -0.3 is 20.5 Å². The molecular weight excluding hydrogens is 386 g/mol. The Morgan fingerprint density at radius 1 is 1.19 bits per heavy atom. The monoisotopic (exact) mass is 402 g/mol. The largest absolute Gasteiger partial charge is 0.497 e. The van der Waals surface area contributed by atoms with Gasteiger partial charge in [-0.15, -0.1) is 0 Å². The summed E-state index contributed by atoms with van der Waals surface area (Å²) < 4.78 is 24.6. The Balaban J connectivity index is 2.18. The first-order valence-electron chi connectivity index (χ1n) is 6.24.